The molecule has 0 radical (unpaired) electrons. The van der Waals surface area contributed by atoms with Crippen LogP contribution in [0.2, 0.25) is 0 Å². The summed E-state index contributed by atoms with van der Waals surface area (Å²) < 4.78 is 0. The molecule has 1 heterocycles. The molecular weight excluding hydrogens is 246 g/mol. The maximum Gasteiger partial charge on any atom is 0.163 e. The van der Waals surface area contributed by atoms with E-state index in [1.807, 2.05) is 6.92 Å². The van der Waals surface area contributed by atoms with Crippen molar-refractivity contribution in [3.63, 3.8) is 0 Å². The van der Waals surface area contributed by atoms with Crippen molar-refractivity contribution in [2.45, 2.75) is 47.0 Å². The van der Waals surface area contributed by atoms with Crippen LogP contribution < -0.4 is 5.32 Å². The van der Waals surface area contributed by atoms with Gasteiger partial charge < -0.3 is 5.32 Å². The van der Waals surface area contributed by atoms with Crippen molar-refractivity contribution in [2.24, 2.45) is 11.8 Å². The van der Waals surface area contributed by atoms with Crippen LogP contribution in [0.3, 0.4) is 0 Å². The third-order valence-electron chi connectivity index (χ3n) is 4.79. The maximum absolute atomic E-state index is 12.6. The van der Waals surface area contributed by atoms with E-state index in [1.165, 1.54) is 24.0 Å². The molecule has 1 aliphatic rings. The second kappa shape index (κ2) is 6.53. The minimum Gasteiger partial charge on any atom is -0.316 e. The fraction of sp³-hybridized carbons (Fsp3) is 0.611. The van der Waals surface area contributed by atoms with Crippen LogP contribution in [0.5, 0.6) is 0 Å². The number of ketones is 1. The van der Waals surface area contributed by atoms with Crippen LogP contribution in [0.25, 0.3) is 0 Å². The Balaban J connectivity index is 2.06. The molecule has 0 amide bonds. The number of carbonyl (C=O) groups is 1. The molecule has 1 fully saturated rings. The zero-order chi connectivity index (χ0) is 14.7. The van der Waals surface area contributed by atoms with Crippen molar-refractivity contribution in [1.29, 1.82) is 0 Å². The molecule has 20 heavy (non-hydrogen) atoms. The summed E-state index contributed by atoms with van der Waals surface area (Å²) in [6.45, 7) is 10.7. The molecule has 1 saturated heterocycles. The number of Topliss-reactive ketones (excluding diaryl/α,β-unsaturated/α-hetero) is 1. The van der Waals surface area contributed by atoms with Gasteiger partial charge in [-0.1, -0.05) is 13.0 Å². The molecule has 1 aromatic rings. The smallest absolute Gasteiger partial charge is 0.163 e. The van der Waals surface area contributed by atoms with Crippen LogP contribution in [-0.2, 0) is 0 Å². The largest absolute Gasteiger partial charge is 0.316 e. The van der Waals surface area contributed by atoms with E-state index in [1.54, 1.807) is 0 Å². The van der Waals surface area contributed by atoms with Gasteiger partial charge in [0, 0.05) is 12.0 Å². The fourth-order valence-corrected chi connectivity index (χ4v) is 3.19. The Bertz CT molecular complexity index is 486. The Labute approximate surface area is 123 Å². The molecular formula is C18H27NO. The molecule has 0 saturated carbocycles. The molecule has 1 aromatic carbocycles. The summed E-state index contributed by atoms with van der Waals surface area (Å²) in [4.78, 5) is 12.6. The molecule has 2 nitrogen and oxygen atoms in total. The number of nitrogens with one attached hydrogen (secondary N) is 1. The van der Waals surface area contributed by atoms with Crippen molar-refractivity contribution in [1.82, 2.24) is 5.32 Å². The van der Waals surface area contributed by atoms with E-state index in [-0.39, 0.29) is 0 Å². The molecule has 1 aliphatic heterocycles. The highest BCUT2D eigenvalue weighted by Crippen LogP contribution is 2.25. The summed E-state index contributed by atoms with van der Waals surface area (Å²) in [5.41, 5.74) is 4.52. The van der Waals surface area contributed by atoms with Crippen molar-refractivity contribution in [3.05, 3.63) is 34.4 Å². The van der Waals surface area contributed by atoms with Crippen molar-refractivity contribution in [3.8, 4) is 0 Å². The van der Waals surface area contributed by atoms with Crippen molar-refractivity contribution in [2.75, 3.05) is 13.1 Å². The monoisotopic (exact) mass is 273 g/mol. The molecule has 1 N–H and O–H groups in total. The highest BCUT2D eigenvalue weighted by Gasteiger charge is 2.23. The number of hydrogen-bond acceptors (Lipinski definition) is 2. The Morgan fingerprint density at radius 3 is 2.60 bits per heavy atom. The molecule has 0 spiro atoms. The van der Waals surface area contributed by atoms with E-state index in [0.717, 1.165) is 24.2 Å². The van der Waals surface area contributed by atoms with Crippen molar-refractivity contribution < 1.29 is 4.79 Å². The molecule has 0 aromatic heterocycles. The number of rotatable bonds is 4. The standard InChI is InChI=1S/C18H27NO/c1-12-8-15(4)17(9-13(12)2)18(20)10-14(3)16-6-5-7-19-11-16/h8-9,14,16,19H,5-7,10-11H2,1-4H3. The zero-order valence-electron chi connectivity index (χ0n) is 13.3. The number of piperidine rings is 1. The molecule has 0 bridgehead atoms. The number of hydrogen-bond donors (Lipinski definition) is 1. The fourth-order valence-electron chi connectivity index (χ4n) is 3.19. The zero-order valence-corrected chi connectivity index (χ0v) is 13.3. The van der Waals surface area contributed by atoms with Gasteiger partial charge >= 0.3 is 0 Å². The van der Waals surface area contributed by atoms with Gasteiger partial charge in [-0.25, -0.2) is 0 Å². The van der Waals surface area contributed by atoms with E-state index in [0.29, 0.717) is 24.0 Å². The summed E-state index contributed by atoms with van der Waals surface area (Å²) in [5, 5.41) is 3.45. The third kappa shape index (κ3) is 3.49. The molecule has 0 aliphatic carbocycles. The van der Waals surface area contributed by atoms with E-state index < -0.39 is 0 Å². The third-order valence-corrected chi connectivity index (χ3v) is 4.79. The van der Waals surface area contributed by atoms with E-state index in [2.05, 4.69) is 38.2 Å². The minimum atomic E-state index is 0.309. The van der Waals surface area contributed by atoms with E-state index in [4.69, 9.17) is 0 Å². The lowest BCUT2D eigenvalue weighted by molar-refractivity contribution is 0.0942. The predicted octanol–water partition coefficient (Wildman–Crippen LogP) is 3.82. The molecule has 2 atom stereocenters. The average Bonchev–Trinajstić information content (AvgIpc) is 2.43. The lowest BCUT2D eigenvalue weighted by Crippen LogP contribution is -2.34. The Hall–Kier alpha value is -1.15. The summed E-state index contributed by atoms with van der Waals surface area (Å²) >= 11 is 0. The van der Waals surface area contributed by atoms with Crippen LogP contribution >= 0.6 is 0 Å². The lowest BCUT2D eigenvalue weighted by atomic mass is 9.83. The van der Waals surface area contributed by atoms with Gasteiger partial charge in [0.25, 0.3) is 0 Å². The van der Waals surface area contributed by atoms with Gasteiger partial charge in [-0.15, -0.1) is 0 Å². The van der Waals surface area contributed by atoms with E-state index in [9.17, 15) is 4.79 Å². The highest BCUT2D eigenvalue weighted by molar-refractivity contribution is 5.97. The van der Waals surface area contributed by atoms with Crippen LogP contribution in [-0.4, -0.2) is 18.9 Å². The maximum atomic E-state index is 12.6. The van der Waals surface area contributed by atoms with Gasteiger partial charge in [0.15, 0.2) is 5.78 Å². The number of carbonyl (C=O) groups excluding carboxylic acids is 1. The van der Waals surface area contributed by atoms with Crippen LogP contribution in [0.4, 0.5) is 0 Å². The highest BCUT2D eigenvalue weighted by atomic mass is 16.1. The number of aryl methyl sites for hydroxylation is 3. The Morgan fingerprint density at radius 2 is 1.95 bits per heavy atom. The van der Waals surface area contributed by atoms with Gasteiger partial charge in [0.1, 0.15) is 0 Å². The second-order valence-corrected chi connectivity index (χ2v) is 6.46. The quantitative estimate of drug-likeness (QED) is 0.845. The van der Waals surface area contributed by atoms with Crippen LogP contribution in [0.1, 0.15) is 53.2 Å². The van der Waals surface area contributed by atoms with Gasteiger partial charge in [-0.05, 0) is 81.3 Å². The SMILES string of the molecule is Cc1cc(C)c(C(=O)CC(C)C2CCCNC2)cc1C. The first kappa shape index (κ1) is 15.2. The van der Waals surface area contributed by atoms with E-state index >= 15 is 0 Å². The molecule has 2 rings (SSSR count). The average molecular weight is 273 g/mol. The topological polar surface area (TPSA) is 29.1 Å². The van der Waals surface area contributed by atoms with Gasteiger partial charge in [0.05, 0.1) is 0 Å². The van der Waals surface area contributed by atoms with Crippen LogP contribution in [0.15, 0.2) is 12.1 Å². The second-order valence-electron chi connectivity index (χ2n) is 6.46. The van der Waals surface area contributed by atoms with Gasteiger partial charge in [0.2, 0.25) is 0 Å². The van der Waals surface area contributed by atoms with Crippen molar-refractivity contribution >= 4 is 5.78 Å². The number of benzene rings is 1. The van der Waals surface area contributed by atoms with Gasteiger partial charge in [-0.3, -0.25) is 4.79 Å². The Morgan fingerprint density at radius 1 is 1.25 bits per heavy atom. The first-order valence-corrected chi connectivity index (χ1v) is 7.80. The predicted molar refractivity (Wildman–Crippen MR) is 84.4 cm³/mol. The summed E-state index contributed by atoms with van der Waals surface area (Å²) in [6.07, 6.45) is 3.18. The lowest BCUT2D eigenvalue weighted by Gasteiger charge is -2.28. The normalized spacial score (nSPS) is 20.7. The van der Waals surface area contributed by atoms with Crippen LogP contribution in [0, 0.1) is 32.6 Å². The first-order valence-electron chi connectivity index (χ1n) is 7.80. The van der Waals surface area contributed by atoms with Gasteiger partial charge in [-0.2, -0.15) is 0 Å². The molecule has 2 heteroatoms. The minimum absolute atomic E-state index is 0.309. The molecule has 110 valence electrons. The first-order chi connectivity index (χ1) is 9.49. The summed E-state index contributed by atoms with van der Waals surface area (Å²) in [7, 11) is 0. The molecule has 2 unspecified atom stereocenters. The summed E-state index contributed by atoms with van der Waals surface area (Å²) in [6, 6.07) is 4.20. The summed E-state index contributed by atoms with van der Waals surface area (Å²) in [5.74, 6) is 1.43. The Kier molecular flexibility index (Phi) is 4.98.